The van der Waals surface area contributed by atoms with Crippen LogP contribution in [0.25, 0.3) is 16.8 Å². The van der Waals surface area contributed by atoms with Gasteiger partial charge in [-0.25, -0.2) is 4.52 Å². The lowest BCUT2D eigenvalue weighted by molar-refractivity contribution is 0.964. The van der Waals surface area contributed by atoms with Gasteiger partial charge < -0.3 is 0 Å². The summed E-state index contributed by atoms with van der Waals surface area (Å²) in [4.78, 5) is 4.30. The highest BCUT2D eigenvalue weighted by atomic mass is 79.9. The van der Waals surface area contributed by atoms with E-state index < -0.39 is 0 Å². The topological polar surface area (TPSA) is 30.2 Å². The van der Waals surface area contributed by atoms with Crippen LogP contribution in [-0.2, 0) is 0 Å². The largest absolute Gasteiger partial charge is 0.261 e. The van der Waals surface area contributed by atoms with Gasteiger partial charge in [0.2, 0.25) is 0 Å². The van der Waals surface area contributed by atoms with Crippen LogP contribution in [0.15, 0.2) is 47.2 Å². The van der Waals surface area contributed by atoms with E-state index in [-0.39, 0.29) is 0 Å². The molecule has 17 heavy (non-hydrogen) atoms. The van der Waals surface area contributed by atoms with Crippen LogP contribution in [0.4, 0.5) is 0 Å². The van der Waals surface area contributed by atoms with Gasteiger partial charge in [0.1, 0.15) is 5.69 Å². The van der Waals surface area contributed by atoms with Crippen molar-refractivity contribution in [3.63, 3.8) is 0 Å². The van der Waals surface area contributed by atoms with Crippen molar-refractivity contribution in [3.8, 4) is 11.3 Å². The summed E-state index contributed by atoms with van der Waals surface area (Å²) >= 11 is 3.60. The van der Waals surface area contributed by atoms with Crippen molar-refractivity contribution in [2.24, 2.45) is 0 Å². The molecule has 0 aliphatic heterocycles. The lowest BCUT2D eigenvalue weighted by Gasteiger charge is -1.97. The lowest BCUT2D eigenvalue weighted by Crippen LogP contribution is -1.86. The Morgan fingerprint density at radius 3 is 2.76 bits per heavy atom. The summed E-state index contributed by atoms with van der Waals surface area (Å²) in [5.74, 6) is 0. The Bertz CT molecular complexity index is 671. The Hall–Kier alpha value is -1.68. The first-order valence-electron chi connectivity index (χ1n) is 5.31. The monoisotopic (exact) mass is 287 g/mol. The van der Waals surface area contributed by atoms with E-state index in [1.54, 1.807) is 0 Å². The van der Waals surface area contributed by atoms with Gasteiger partial charge in [0, 0.05) is 23.7 Å². The van der Waals surface area contributed by atoms with E-state index in [0.717, 1.165) is 26.9 Å². The van der Waals surface area contributed by atoms with Crippen LogP contribution in [0, 0.1) is 6.92 Å². The van der Waals surface area contributed by atoms with E-state index >= 15 is 0 Å². The SMILES string of the molecule is Cc1ccc(-c2nn3ccccc3c2Br)cn1. The predicted octanol–water partition coefficient (Wildman–Crippen LogP) is 3.47. The summed E-state index contributed by atoms with van der Waals surface area (Å²) < 4.78 is 2.86. The number of nitrogens with zero attached hydrogens (tertiary/aromatic N) is 3. The molecule has 0 unspecified atom stereocenters. The number of aromatic nitrogens is 3. The lowest BCUT2D eigenvalue weighted by atomic mass is 10.2. The molecular formula is C13H10BrN3. The van der Waals surface area contributed by atoms with Crippen molar-refractivity contribution in [1.29, 1.82) is 0 Å². The summed E-state index contributed by atoms with van der Waals surface area (Å²) in [6.07, 6.45) is 3.78. The first-order chi connectivity index (χ1) is 8.25. The Morgan fingerprint density at radius 2 is 2.06 bits per heavy atom. The number of rotatable bonds is 1. The minimum absolute atomic E-state index is 0.920. The molecule has 0 aliphatic carbocycles. The molecule has 84 valence electrons. The number of halogens is 1. The van der Waals surface area contributed by atoms with E-state index in [0.29, 0.717) is 0 Å². The van der Waals surface area contributed by atoms with Crippen LogP contribution in [0.2, 0.25) is 0 Å². The second-order valence-corrected chi connectivity index (χ2v) is 4.67. The highest BCUT2D eigenvalue weighted by Gasteiger charge is 2.11. The maximum absolute atomic E-state index is 4.54. The van der Waals surface area contributed by atoms with Crippen LogP contribution in [-0.4, -0.2) is 14.6 Å². The zero-order valence-corrected chi connectivity index (χ0v) is 10.8. The predicted molar refractivity (Wildman–Crippen MR) is 70.9 cm³/mol. The van der Waals surface area contributed by atoms with Crippen molar-refractivity contribution < 1.29 is 0 Å². The van der Waals surface area contributed by atoms with Crippen molar-refractivity contribution in [2.45, 2.75) is 6.92 Å². The summed E-state index contributed by atoms with van der Waals surface area (Å²) in [5, 5.41) is 4.54. The third-order valence-electron chi connectivity index (χ3n) is 2.66. The fraction of sp³-hybridized carbons (Fsp3) is 0.0769. The number of hydrogen-bond acceptors (Lipinski definition) is 2. The molecule has 3 heterocycles. The standard InChI is InChI=1S/C13H10BrN3/c1-9-5-6-10(8-15-9)13-12(14)11-4-2-3-7-17(11)16-13/h2-8H,1H3. The zero-order valence-electron chi connectivity index (χ0n) is 9.26. The highest BCUT2D eigenvalue weighted by Crippen LogP contribution is 2.30. The van der Waals surface area contributed by atoms with E-state index in [4.69, 9.17) is 0 Å². The van der Waals surface area contributed by atoms with Gasteiger partial charge in [-0.2, -0.15) is 5.10 Å². The van der Waals surface area contributed by atoms with Gasteiger partial charge in [-0.05, 0) is 47.1 Å². The molecule has 0 aliphatic rings. The number of pyridine rings is 2. The molecule has 3 rings (SSSR count). The Labute approximate surface area is 107 Å². The molecule has 0 N–H and O–H groups in total. The number of aryl methyl sites for hydroxylation is 1. The molecule has 3 aromatic rings. The number of hydrogen-bond donors (Lipinski definition) is 0. The maximum atomic E-state index is 4.54. The van der Waals surface area contributed by atoms with Crippen LogP contribution >= 0.6 is 15.9 Å². The second kappa shape index (κ2) is 3.96. The van der Waals surface area contributed by atoms with E-state index in [1.165, 1.54) is 0 Å². The van der Waals surface area contributed by atoms with Gasteiger partial charge >= 0.3 is 0 Å². The quantitative estimate of drug-likeness (QED) is 0.686. The van der Waals surface area contributed by atoms with Gasteiger partial charge in [0.25, 0.3) is 0 Å². The normalized spacial score (nSPS) is 10.9. The average Bonchev–Trinajstić information content (AvgIpc) is 2.69. The molecule has 3 aromatic heterocycles. The number of fused-ring (bicyclic) bond motifs is 1. The molecule has 0 spiro atoms. The molecule has 3 nitrogen and oxygen atoms in total. The molecule has 4 heteroatoms. The second-order valence-electron chi connectivity index (χ2n) is 3.88. The minimum atomic E-state index is 0.920. The van der Waals surface area contributed by atoms with E-state index in [2.05, 4.69) is 26.0 Å². The summed E-state index contributed by atoms with van der Waals surface area (Å²) in [5.41, 5.74) is 4.01. The molecular weight excluding hydrogens is 278 g/mol. The molecule has 0 fully saturated rings. The fourth-order valence-electron chi connectivity index (χ4n) is 1.76. The van der Waals surface area contributed by atoms with Crippen LogP contribution in [0.3, 0.4) is 0 Å². The first kappa shape index (κ1) is 10.5. The van der Waals surface area contributed by atoms with Crippen LogP contribution < -0.4 is 0 Å². The van der Waals surface area contributed by atoms with Gasteiger partial charge in [-0.3, -0.25) is 4.98 Å². The Morgan fingerprint density at radius 1 is 1.18 bits per heavy atom. The van der Waals surface area contributed by atoms with Gasteiger partial charge in [0.15, 0.2) is 0 Å². The summed E-state index contributed by atoms with van der Waals surface area (Å²) in [6, 6.07) is 10.0. The average molecular weight is 288 g/mol. The van der Waals surface area contributed by atoms with Crippen molar-refractivity contribution in [2.75, 3.05) is 0 Å². The third-order valence-corrected chi connectivity index (χ3v) is 3.45. The molecule has 0 radical (unpaired) electrons. The van der Waals surface area contributed by atoms with Crippen molar-refractivity contribution in [1.82, 2.24) is 14.6 Å². The molecule has 0 amide bonds. The minimum Gasteiger partial charge on any atom is -0.261 e. The maximum Gasteiger partial charge on any atom is 0.109 e. The zero-order chi connectivity index (χ0) is 11.8. The van der Waals surface area contributed by atoms with Crippen LogP contribution in [0.5, 0.6) is 0 Å². The summed E-state index contributed by atoms with van der Waals surface area (Å²) in [7, 11) is 0. The fourth-order valence-corrected chi connectivity index (χ4v) is 2.38. The van der Waals surface area contributed by atoms with Gasteiger partial charge in [0.05, 0.1) is 9.99 Å². The smallest absolute Gasteiger partial charge is 0.109 e. The Balaban J connectivity index is 2.24. The van der Waals surface area contributed by atoms with Crippen molar-refractivity contribution in [3.05, 3.63) is 52.9 Å². The molecule has 0 saturated carbocycles. The Kier molecular flexibility index (Phi) is 2.44. The van der Waals surface area contributed by atoms with Gasteiger partial charge in [-0.1, -0.05) is 6.07 Å². The summed E-state index contributed by atoms with van der Waals surface area (Å²) in [6.45, 7) is 1.97. The van der Waals surface area contributed by atoms with Crippen LogP contribution in [0.1, 0.15) is 5.69 Å². The third kappa shape index (κ3) is 1.74. The molecule has 0 aromatic carbocycles. The highest BCUT2D eigenvalue weighted by molar-refractivity contribution is 9.10. The molecule has 0 bridgehead atoms. The first-order valence-corrected chi connectivity index (χ1v) is 6.11. The van der Waals surface area contributed by atoms with E-state index in [9.17, 15) is 0 Å². The molecule has 0 saturated heterocycles. The van der Waals surface area contributed by atoms with Crippen molar-refractivity contribution >= 4 is 21.4 Å². The van der Waals surface area contributed by atoms with E-state index in [1.807, 2.05) is 54.2 Å². The van der Waals surface area contributed by atoms with Gasteiger partial charge in [-0.15, -0.1) is 0 Å². The molecule has 0 atom stereocenters.